The van der Waals surface area contributed by atoms with Crippen LogP contribution in [-0.2, 0) is 0 Å². The minimum Gasteiger partial charge on any atom is -0.490 e. The van der Waals surface area contributed by atoms with E-state index in [2.05, 4.69) is 32.8 Å². The highest BCUT2D eigenvalue weighted by Gasteiger charge is 2.15. The highest BCUT2D eigenvalue weighted by atomic mass is 79.9. The molecule has 6 heteroatoms. The van der Waals surface area contributed by atoms with Crippen LogP contribution in [0.5, 0.6) is 11.5 Å². The summed E-state index contributed by atoms with van der Waals surface area (Å²) in [7, 11) is 0. The molecule has 0 aliphatic carbocycles. The van der Waals surface area contributed by atoms with Gasteiger partial charge in [-0.1, -0.05) is 25.5 Å². The Balaban J connectivity index is 2.06. The number of H-pyrrole nitrogens is 1. The van der Waals surface area contributed by atoms with Gasteiger partial charge in [-0.2, -0.15) is 0 Å². The number of hydrogen-bond donors (Lipinski definition) is 1. The minimum atomic E-state index is -0.164. The molecule has 26 heavy (non-hydrogen) atoms. The number of nitrogens with one attached hydrogen (secondary N) is 1. The Hall–Kier alpha value is -2.34. The van der Waals surface area contributed by atoms with Crippen molar-refractivity contribution in [3.8, 4) is 22.9 Å². The number of halogens is 1. The molecule has 0 fully saturated rings. The second-order valence-corrected chi connectivity index (χ2v) is 6.71. The van der Waals surface area contributed by atoms with Crippen molar-refractivity contribution in [3.05, 3.63) is 51.2 Å². The van der Waals surface area contributed by atoms with Crippen LogP contribution in [0.2, 0.25) is 0 Å². The number of hydrogen-bond acceptors (Lipinski definition) is 4. The van der Waals surface area contributed by atoms with E-state index in [1.54, 1.807) is 6.07 Å². The topological polar surface area (TPSA) is 64.2 Å². The maximum atomic E-state index is 12.3. The minimum absolute atomic E-state index is 0.164. The predicted octanol–water partition coefficient (Wildman–Crippen LogP) is 4.93. The molecule has 0 radical (unpaired) electrons. The molecule has 2 aromatic carbocycles. The number of nitrogens with zero attached hydrogens (tertiary/aromatic N) is 1. The number of ether oxygens (including phenoxy) is 2. The molecule has 0 aliphatic heterocycles. The molecule has 0 aliphatic rings. The van der Waals surface area contributed by atoms with Crippen molar-refractivity contribution in [1.82, 2.24) is 9.97 Å². The van der Waals surface area contributed by atoms with E-state index in [0.29, 0.717) is 41.4 Å². The molecule has 5 nitrogen and oxygen atoms in total. The highest BCUT2D eigenvalue weighted by Crippen LogP contribution is 2.39. The van der Waals surface area contributed by atoms with Gasteiger partial charge >= 0.3 is 0 Å². The first-order chi connectivity index (χ1) is 12.6. The summed E-state index contributed by atoms with van der Waals surface area (Å²) in [5, 5.41) is 0.569. The third-order valence-electron chi connectivity index (χ3n) is 3.94. The Morgan fingerprint density at radius 2 is 1.96 bits per heavy atom. The van der Waals surface area contributed by atoms with Gasteiger partial charge in [0, 0.05) is 5.56 Å². The second-order valence-electron chi connectivity index (χ2n) is 5.85. The van der Waals surface area contributed by atoms with E-state index in [1.807, 2.05) is 37.3 Å². The van der Waals surface area contributed by atoms with Gasteiger partial charge in [-0.25, -0.2) is 4.98 Å². The summed E-state index contributed by atoms with van der Waals surface area (Å²) in [5.74, 6) is 1.80. The van der Waals surface area contributed by atoms with Crippen molar-refractivity contribution in [2.45, 2.75) is 26.7 Å². The first-order valence-corrected chi connectivity index (χ1v) is 9.52. The Morgan fingerprint density at radius 1 is 1.15 bits per heavy atom. The lowest BCUT2D eigenvalue weighted by Gasteiger charge is -2.15. The first-order valence-electron chi connectivity index (χ1n) is 8.72. The van der Waals surface area contributed by atoms with Crippen LogP contribution < -0.4 is 15.0 Å². The quantitative estimate of drug-likeness (QED) is 0.554. The lowest BCUT2D eigenvalue weighted by atomic mass is 10.1. The SMILES string of the molecule is CCCCOc1c(Br)cc(-c2nc3ccccc3c(=O)[nH]2)cc1OCC. The molecule has 0 saturated carbocycles. The van der Waals surface area contributed by atoms with Gasteiger partial charge in [0.05, 0.1) is 28.6 Å². The van der Waals surface area contributed by atoms with E-state index < -0.39 is 0 Å². The van der Waals surface area contributed by atoms with Gasteiger partial charge in [0.1, 0.15) is 5.82 Å². The number of benzene rings is 2. The van der Waals surface area contributed by atoms with E-state index in [-0.39, 0.29) is 5.56 Å². The summed E-state index contributed by atoms with van der Waals surface area (Å²) < 4.78 is 12.4. The number of para-hydroxylation sites is 1. The smallest absolute Gasteiger partial charge is 0.259 e. The molecule has 3 aromatic rings. The van der Waals surface area contributed by atoms with Gasteiger partial charge in [-0.05, 0) is 53.5 Å². The molecule has 136 valence electrons. The highest BCUT2D eigenvalue weighted by molar-refractivity contribution is 9.10. The first kappa shape index (κ1) is 18.5. The van der Waals surface area contributed by atoms with Crippen LogP contribution in [0.1, 0.15) is 26.7 Å². The molecule has 0 unspecified atom stereocenters. The fraction of sp³-hybridized carbons (Fsp3) is 0.300. The molecular formula is C20H21BrN2O3. The molecule has 0 amide bonds. The van der Waals surface area contributed by atoms with E-state index >= 15 is 0 Å². The summed E-state index contributed by atoms with van der Waals surface area (Å²) in [6.07, 6.45) is 2.03. The molecule has 0 saturated heterocycles. The van der Waals surface area contributed by atoms with Crippen LogP contribution in [0.25, 0.3) is 22.3 Å². The Labute approximate surface area is 160 Å². The summed E-state index contributed by atoms with van der Waals surface area (Å²) in [6.45, 7) is 5.18. The maximum absolute atomic E-state index is 12.3. The van der Waals surface area contributed by atoms with Gasteiger partial charge in [0.15, 0.2) is 11.5 Å². The number of rotatable bonds is 7. The van der Waals surface area contributed by atoms with Gasteiger partial charge in [-0.15, -0.1) is 0 Å². The maximum Gasteiger partial charge on any atom is 0.259 e. The van der Waals surface area contributed by atoms with Crippen molar-refractivity contribution in [2.75, 3.05) is 13.2 Å². The number of aromatic nitrogens is 2. The fourth-order valence-electron chi connectivity index (χ4n) is 2.65. The number of fused-ring (bicyclic) bond motifs is 1. The molecular weight excluding hydrogens is 396 g/mol. The normalized spacial score (nSPS) is 10.9. The molecule has 1 heterocycles. The zero-order chi connectivity index (χ0) is 18.5. The predicted molar refractivity (Wildman–Crippen MR) is 107 cm³/mol. The Kier molecular flexibility index (Phi) is 5.93. The van der Waals surface area contributed by atoms with Crippen molar-refractivity contribution in [2.24, 2.45) is 0 Å². The Morgan fingerprint density at radius 3 is 2.73 bits per heavy atom. The van der Waals surface area contributed by atoms with Gasteiger partial charge in [0.2, 0.25) is 0 Å². The van der Waals surface area contributed by atoms with Crippen molar-refractivity contribution < 1.29 is 9.47 Å². The third-order valence-corrected chi connectivity index (χ3v) is 4.53. The monoisotopic (exact) mass is 416 g/mol. The number of aromatic amines is 1. The second kappa shape index (κ2) is 8.36. The summed E-state index contributed by atoms with van der Waals surface area (Å²) in [6, 6.07) is 11.0. The summed E-state index contributed by atoms with van der Waals surface area (Å²) in [4.78, 5) is 19.8. The van der Waals surface area contributed by atoms with Gasteiger partial charge in [-0.3, -0.25) is 4.79 Å². The largest absolute Gasteiger partial charge is 0.490 e. The molecule has 1 aromatic heterocycles. The van der Waals surface area contributed by atoms with Crippen LogP contribution in [-0.4, -0.2) is 23.2 Å². The molecule has 0 spiro atoms. The molecule has 3 rings (SSSR count). The van der Waals surface area contributed by atoms with E-state index in [4.69, 9.17) is 9.47 Å². The van der Waals surface area contributed by atoms with E-state index in [1.165, 1.54) is 0 Å². The third kappa shape index (κ3) is 3.90. The Bertz CT molecular complexity index is 969. The molecule has 0 bridgehead atoms. The van der Waals surface area contributed by atoms with E-state index in [0.717, 1.165) is 22.9 Å². The standard InChI is InChI=1S/C20H21BrN2O3/c1-3-5-10-26-18-15(21)11-13(12-17(18)25-4-2)19-22-16-9-7-6-8-14(16)20(24)23-19/h6-9,11-12H,3-5,10H2,1-2H3,(H,22,23,24). The van der Waals surface area contributed by atoms with Crippen LogP contribution in [0, 0.1) is 0 Å². The summed E-state index contributed by atoms with van der Waals surface area (Å²) >= 11 is 3.56. The van der Waals surface area contributed by atoms with E-state index in [9.17, 15) is 4.79 Å². The summed E-state index contributed by atoms with van der Waals surface area (Å²) in [5.41, 5.74) is 1.25. The van der Waals surface area contributed by atoms with Gasteiger partial charge in [0.25, 0.3) is 5.56 Å². The van der Waals surface area contributed by atoms with Crippen molar-refractivity contribution in [1.29, 1.82) is 0 Å². The van der Waals surface area contributed by atoms with Crippen LogP contribution >= 0.6 is 15.9 Å². The zero-order valence-electron chi connectivity index (χ0n) is 14.8. The van der Waals surface area contributed by atoms with Crippen LogP contribution in [0.15, 0.2) is 45.7 Å². The lowest BCUT2D eigenvalue weighted by molar-refractivity contribution is 0.271. The fourth-order valence-corrected chi connectivity index (χ4v) is 3.21. The van der Waals surface area contributed by atoms with Crippen molar-refractivity contribution >= 4 is 26.8 Å². The number of unbranched alkanes of at least 4 members (excludes halogenated alkanes) is 1. The van der Waals surface area contributed by atoms with Crippen molar-refractivity contribution in [3.63, 3.8) is 0 Å². The van der Waals surface area contributed by atoms with Crippen LogP contribution in [0.4, 0.5) is 0 Å². The van der Waals surface area contributed by atoms with Gasteiger partial charge < -0.3 is 14.5 Å². The molecule has 0 atom stereocenters. The van der Waals surface area contributed by atoms with Crippen LogP contribution in [0.3, 0.4) is 0 Å². The zero-order valence-corrected chi connectivity index (χ0v) is 16.4. The lowest BCUT2D eigenvalue weighted by Crippen LogP contribution is -2.09. The molecule has 1 N–H and O–H groups in total. The average Bonchev–Trinajstić information content (AvgIpc) is 2.64. The average molecular weight is 417 g/mol.